The molecular formula is C20H31N3O3. The van der Waals surface area contributed by atoms with Crippen molar-refractivity contribution in [2.75, 3.05) is 45.2 Å². The summed E-state index contributed by atoms with van der Waals surface area (Å²) in [6.07, 6.45) is 0.157. The molecule has 2 atom stereocenters. The van der Waals surface area contributed by atoms with Crippen molar-refractivity contribution < 1.29 is 14.3 Å². The first-order chi connectivity index (χ1) is 12.4. The predicted octanol–water partition coefficient (Wildman–Crippen LogP) is 2.24. The van der Waals surface area contributed by atoms with Crippen molar-refractivity contribution in [2.24, 2.45) is 5.92 Å². The number of esters is 1. The molecule has 0 bridgehead atoms. The molecule has 1 aliphatic heterocycles. The van der Waals surface area contributed by atoms with E-state index in [9.17, 15) is 9.59 Å². The normalized spacial score (nSPS) is 19.1. The number of hydrogen-bond donors (Lipinski definition) is 1. The van der Waals surface area contributed by atoms with Crippen molar-refractivity contribution in [2.45, 2.75) is 33.1 Å². The molecule has 26 heavy (non-hydrogen) atoms. The highest BCUT2D eigenvalue weighted by atomic mass is 16.5. The molecule has 1 amide bonds. The zero-order valence-corrected chi connectivity index (χ0v) is 16.5. The van der Waals surface area contributed by atoms with Crippen molar-refractivity contribution in [3.8, 4) is 5.75 Å². The summed E-state index contributed by atoms with van der Waals surface area (Å²) in [7, 11) is 3.91. The van der Waals surface area contributed by atoms with E-state index >= 15 is 0 Å². The lowest BCUT2D eigenvalue weighted by molar-refractivity contribution is -0.143. The van der Waals surface area contributed by atoms with Crippen molar-refractivity contribution >= 4 is 17.6 Å². The number of carbonyl (C=O) groups is 2. The number of carbonyl (C=O) groups excluding carboxylic acids is 2. The fourth-order valence-corrected chi connectivity index (χ4v) is 3.33. The number of nitrogens with one attached hydrogen (secondary N) is 1. The molecule has 1 aromatic carbocycles. The van der Waals surface area contributed by atoms with E-state index in [0.29, 0.717) is 12.3 Å². The number of anilines is 1. The Bertz CT molecular complexity index is 641. The third-order valence-electron chi connectivity index (χ3n) is 5.02. The van der Waals surface area contributed by atoms with Gasteiger partial charge in [0.1, 0.15) is 5.75 Å². The Balaban J connectivity index is 2.08. The van der Waals surface area contributed by atoms with Gasteiger partial charge >= 0.3 is 5.97 Å². The highest BCUT2D eigenvalue weighted by Crippen LogP contribution is 2.40. The van der Waals surface area contributed by atoms with Crippen LogP contribution in [0.4, 0.5) is 5.69 Å². The van der Waals surface area contributed by atoms with E-state index in [-0.39, 0.29) is 24.2 Å². The largest absolute Gasteiger partial charge is 0.426 e. The topological polar surface area (TPSA) is 61.9 Å². The Kier molecular flexibility index (Phi) is 7.03. The molecule has 6 nitrogen and oxygen atoms in total. The van der Waals surface area contributed by atoms with Crippen molar-refractivity contribution in [1.82, 2.24) is 10.2 Å². The minimum absolute atomic E-state index is 0.0448. The van der Waals surface area contributed by atoms with Gasteiger partial charge in [-0.3, -0.25) is 9.59 Å². The van der Waals surface area contributed by atoms with Crippen LogP contribution in [-0.2, 0) is 9.59 Å². The van der Waals surface area contributed by atoms with E-state index in [4.69, 9.17) is 4.74 Å². The second kappa shape index (κ2) is 9.03. The molecule has 1 aliphatic rings. The van der Waals surface area contributed by atoms with Crippen LogP contribution in [0.2, 0.25) is 0 Å². The van der Waals surface area contributed by atoms with Crippen LogP contribution in [0.15, 0.2) is 18.2 Å². The van der Waals surface area contributed by atoms with E-state index in [0.717, 1.165) is 30.9 Å². The molecule has 144 valence electrons. The minimum Gasteiger partial charge on any atom is -0.426 e. The molecule has 0 radical (unpaired) electrons. The van der Waals surface area contributed by atoms with Crippen LogP contribution in [0.1, 0.15) is 38.7 Å². The van der Waals surface area contributed by atoms with E-state index in [1.165, 1.54) is 0 Å². The lowest BCUT2D eigenvalue weighted by atomic mass is 9.82. The monoisotopic (exact) mass is 361 g/mol. The third kappa shape index (κ3) is 4.75. The lowest BCUT2D eigenvalue weighted by Crippen LogP contribution is -2.37. The standard InChI is InChI=1S/C20H31N3O3/c1-6-23(7-2)15-8-9-16-14(3)17(20(25)26-18(16)12-15)13-19(24)21-10-11-22(4)5/h8-9,12,14,17H,6-7,10-11,13H2,1-5H3,(H,21,24). The first-order valence-electron chi connectivity index (χ1n) is 9.39. The van der Waals surface area contributed by atoms with Crippen LogP contribution in [0.5, 0.6) is 5.75 Å². The predicted molar refractivity (Wildman–Crippen MR) is 104 cm³/mol. The molecule has 0 aliphatic carbocycles. The van der Waals surface area contributed by atoms with Crippen LogP contribution in [-0.4, -0.2) is 57.1 Å². The van der Waals surface area contributed by atoms with E-state index < -0.39 is 5.92 Å². The fraction of sp³-hybridized carbons (Fsp3) is 0.600. The maximum absolute atomic E-state index is 12.5. The van der Waals surface area contributed by atoms with Gasteiger partial charge in [0.2, 0.25) is 5.91 Å². The molecule has 2 unspecified atom stereocenters. The molecule has 0 saturated heterocycles. The zero-order chi connectivity index (χ0) is 19.3. The van der Waals surface area contributed by atoms with E-state index in [1.54, 1.807) is 0 Å². The number of amides is 1. The van der Waals surface area contributed by atoms with E-state index in [1.807, 2.05) is 38.1 Å². The maximum atomic E-state index is 12.5. The van der Waals surface area contributed by atoms with Crippen LogP contribution >= 0.6 is 0 Å². The van der Waals surface area contributed by atoms with Crippen LogP contribution < -0.4 is 15.0 Å². The molecule has 0 aromatic heterocycles. The molecule has 0 spiro atoms. The number of ether oxygens (including phenoxy) is 1. The van der Waals surface area contributed by atoms with Gasteiger partial charge in [0, 0.05) is 44.4 Å². The summed E-state index contributed by atoms with van der Waals surface area (Å²) in [6, 6.07) is 6.02. The van der Waals surface area contributed by atoms with Gasteiger partial charge in [0.15, 0.2) is 0 Å². The Morgan fingerprint density at radius 1 is 1.23 bits per heavy atom. The Hall–Kier alpha value is -2.08. The lowest BCUT2D eigenvalue weighted by Gasteiger charge is -2.31. The third-order valence-corrected chi connectivity index (χ3v) is 5.02. The van der Waals surface area contributed by atoms with Crippen molar-refractivity contribution in [3.05, 3.63) is 23.8 Å². The highest BCUT2D eigenvalue weighted by molar-refractivity contribution is 5.86. The van der Waals surface area contributed by atoms with Crippen molar-refractivity contribution in [1.29, 1.82) is 0 Å². The summed E-state index contributed by atoms with van der Waals surface area (Å²) < 4.78 is 5.58. The van der Waals surface area contributed by atoms with Crippen molar-refractivity contribution in [3.63, 3.8) is 0 Å². The Morgan fingerprint density at radius 2 is 1.92 bits per heavy atom. The van der Waals surface area contributed by atoms with Gasteiger partial charge in [-0.05, 0) is 45.5 Å². The Morgan fingerprint density at radius 3 is 2.54 bits per heavy atom. The van der Waals surface area contributed by atoms with Gasteiger partial charge < -0.3 is 19.9 Å². The molecule has 6 heteroatoms. The second-order valence-electron chi connectivity index (χ2n) is 7.07. The van der Waals surface area contributed by atoms with Gasteiger partial charge in [-0.15, -0.1) is 0 Å². The number of benzene rings is 1. The van der Waals surface area contributed by atoms with E-state index in [2.05, 4.69) is 30.1 Å². The quantitative estimate of drug-likeness (QED) is 0.568. The zero-order valence-electron chi connectivity index (χ0n) is 16.5. The van der Waals surface area contributed by atoms with Gasteiger partial charge in [0.05, 0.1) is 5.92 Å². The second-order valence-corrected chi connectivity index (χ2v) is 7.07. The van der Waals surface area contributed by atoms with Gasteiger partial charge in [-0.2, -0.15) is 0 Å². The first-order valence-corrected chi connectivity index (χ1v) is 9.39. The first kappa shape index (κ1) is 20.2. The average molecular weight is 361 g/mol. The molecule has 1 aromatic rings. The van der Waals surface area contributed by atoms with Crippen LogP contribution in [0.3, 0.4) is 0 Å². The van der Waals surface area contributed by atoms with Gasteiger partial charge in [-0.1, -0.05) is 13.0 Å². The van der Waals surface area contributed by atoms with Crippen LogP contribution in [0, 0.1) is 5.92 Å². The maximum Gasteiger partial charge on any atom is 0.315 e. The molecule has 2 rings (SSSR count). The summed E-state index contributed by atoms with van der Waals surface area (Å²) in [4.78, 5) is 28.9. The highest BCUT2D eigenvalue weighted by Gasteiger charge is 2.36. The molecule has 0 fully saturated rings. The SMILES string of the molecule is CCN(CC)c1ccc2c(c1)OC(=O)C(CC(=O)NCCN(C)C)C2C. The molecular weight excluding hydrogens is 330 g/mol. The number of likely N-dealkylation sites (N-methyl/N-ethyl adjacent to an activating group) is 1. The Labute approximate surface area is 156 Å². The van der Waals surface area contributed by atoms with Crippen LogP contribution in [0.25, 0.3) is 0 Å². The molecule has 1 heterocycles. The summed E-state index contributed by atoms with van der Waals surface area (Å²) in [5.74, 6) is -0.290. The summed E-state index contributed by atoms with van der Waals surface area (Å²) in [5.41, 5.74) is 2.04. The summed E-state index contributed by atoms with van der Waals surface area (Å²) in [6.45, 7) is 9.33. The molecule has 1 N–H and O–H groups in total. The van der Waals surface area contributed by atoms with Gasteiger partial charge in [-0.25, -0.2) is 0 Å². The van der Waals surface area contributed by atoms with Gasteiger partial charge in [0.25, 0.3) is 0 Å². The molecule has 0 saturated carbocycles. The average Bonchev–Trinajstić information content (AvgIpc) is 2.59. The number of hydrogen-bond acceptors (Lipinski definition) is 5. The smallest absolute Gasteiger partial charge is 0.315 e. The summed E-state index contributed by atoms with van der Waals surface area (Å²) in [5, 5.41) is 2.87. The number of nitrogens with zero attached hydrogens (tertiary/aromatic N) is 2. The number of fused-ring (bicyclic) bond motifs is 1. The fourth-order valence-electron chi connectivity index (χ4n) is 3.33. The minimum atomic E-state index is -0.443. The summed E-state index contributed by atoms with van der Waals surface area (Å²) >= 11 is 0. The number of rotatable bonds is 8.